The fraction of sp³-hybridized carbons (Fsp3) is 0.714. The van der Waals surface area contributed by atoms with Crippen molar-refractivity contribution in [2.75, 3.05) is 0 Å². The lowest BCUT2D eigenvalue weighted by atomic mass is 9.87. The third kappa shape index (κ3) is 3.23. The van der Waals surface area contributed by atoms with Gasteiger partial charge in [-0.3, -0.25) is 0 Å². The Morgan fingerprint density at radius 2 is 1.67 bits per heavy atom. The smallest absolute Gasteiger partial charge is 0.405 e. The Morgan fingerprint density at radius 3 is 1.75 bits per heavy atom. The molecule has 0 aliphatic carbocycles. The molecule has 0 radical (unpaired) electrons. The van der Waals surface area contributed by atoms with Gasteiger partial charge < -0.3 is 15.5 Å². The molecule has 0 fully saturated rings. The Balaban J connectivity index is 4.46. The van der Waals surface area contributed by atoms with Crippen LogP contribution in [0, 0.1) is 5.41 Å². The number of nitrogens with one attached hydrogen (secondary N) is 1. The van der Waals surface area contributed by atoms with E-state index in [0.717, 1.165) is 0 Å². The summed E-state index contributed by atoms with van der Waals surface area (Å²) in [5, 5.41) is 18.9. The number of aliphatic carboxylic acids is 1. The molecule has 0 heterocycles. The molecule has 0 aromatic rings. The summed E-state index contributed by atoms with van der Waals surface area (Å²) in [6, 6.07) is -1.07. The fourth-order valence-corrected chi connectivity index (χ4v) is 0.772. The molecule has 0 aromatic heterocycles. The van der Waals surface area contributed by atoms with Crippen molar-refractivity contribution in [1.82, 2.24) is 5.32 Å². The summed E-state index contributed by atoms with van der Waals surface area (Å²) in [6.07, 6.45) is -1.32. The van der Waals surface area contributed by atoms with Crippen molar-refractivity contribution in [3.05, 3.63) is 0 Å². The second-order valence-corrected chi connectivity index (χ2v) is 3.59. The molecule has 0 bridgehead atoms. The quantitative estimate of drug-likeness (QED) is 0.578. The molecule has 0 aliphatic heterocycles. The zero-order valence-corrected chi connectivity index (χ0v) is 7.29. The van der Waals surface area contributed by atoms with Crippen molar-refractivity contribution in [2.24, 2.45) is 5.41 Å². The van der Waals surface area contributed by atoms with Crippen LogP contribution in [-0.2, 0) is 4.79 Å². The van der Waals surface area contributed by atoms with E-state index in [0.29, 0.717) is 0 Å². The Hall–Kier alpha value is -1.26. The lowest BCUT2D eigenvalue weighted by Crippen LogP contribution is -2.48. The number of rotatable bonds is 2. The van der Waals surface area contributed by atoms with Gasteiger partial charge in [0.05, 0.1) is 0 Å². The van der Waals surface area contributed by atoms with Gasteiger partial charge in [0.15, 0.2) is 0 Å². The van der Waals surface area contributed by atoms with Gasteiger partial charge in [-0.15, -0.1) is 0 Å². The average Bonchev–Trinajstić information content (AvgIpc) is 1.79. The highest BCUT2D eigenvalue weighted by atomic mass is 16.4. The summed E-state index contributed by atoms with van der Waals surface area (Å²) in [4.78, 5) is 20.7. The molecule has 5 heteroatoms. The molecule has 0 aliphatic rings. The second-order valence-electron chi connectivity index (χ2n) is 3.59. The number of hydrogen-bond donors (Lipinski definition) is 3. The van der Waals surface area contributed by atoms with E-state index in [1.807, 2.05) is 5.32 Å². The second kappa shape index (κ2) is 3.42. The van der Waals surface area contributed by atoms with Gasteiger partial charge in [-0.2, -0.15) is 0 Å². The first-order chi connectivity index (χ1) is 5.25. The van der Waals surface area contributed by atoms with Crippen LogP contribution in [0.1, 0.15) is 20.8 Å². The van der Waals surface area contributed by atoms with Gasteiger partial charge >= 0.3 is 12.1 Å². The zero-order chi connectivity index (χ0) is 9.94. The molecule has 1 atom stereocenters. The molecule has 70 valence electrons. The fourth-order valence-electron chi connectivity index (χ4n) is 0.772. The molecule has 1 unspecified atom stereocenters. The van der Waals surface area contributed by atoms with Crippen molar-refractivity contribution in [3.8, 4) is 0 Å². The van der Waals surface area contributed by atoms with Crippen LogP contribution in [0.2, 0.25) is 0 Å². The number of amides is 1. The number of carboxylic acids is 1. The van der Waals surface area contributed by atoms with E-state index in [1.165, 1.54) is 0 Å². The van der Waals surface area contributed by atoms with Crippen molar-refractivity contribution < 1.29 is 19.8 Å². The maximum absolute atomic E-state index is 10.6. The lowest BCUT2D eigenvalue weighted by molar-refractivity contribution is -0.142. The van der Waals surface area contributed by atoms with Crippen LogP contribution in [0.25, 0.3) is 0 Å². The van der Waals surface area contributed by atoms with Crippen LogP contribution in [0.4, 0.5) is 4.79 Å². The van der Waals surface area contributed by atoms with Gasteiger partial charge in [0, 0.05) is 0 Å². The first kappa shape index (κ1) is 10.7. The molecule has 12 heavy (non-hydrogen) atoms. The first-order valence-corrected chi connectivity index (χ1v) is 3.47. The highest BCUT2D eigenvalue weighted by molar-refractivity contribution is 5.79. The van der Waals surface area contributed by atoms with Crippen LogP contribution in [-0.4, -0.2) is 28.3 Å². The van der Waals surface area contributed by atoms with E-state index in [2.05, 4.69) is 0 Å². The van der Waals surface area contributed by atoms with E-state index in [4.69, 9.17) is 10.2 Å². The Labute approximate surface area is 70.4 Å². The summed E-state index contributed by atoms with van der Waals surface area (Å²) >= 11 is 0. The van der Waals surface area contributed by atoms with Crippen LogP contribution < -0.4 is 5.32 Å². The largest absolute Gasteiger partial charge is 0.480 e. The third-order valence-corrected chi connectivity index (χ3v) is 1.38. The first-order valence-electron chi connectivity index (χ1n) is 3.47. The predicted molar refractivity (Wildman–Crippen MR) is 42.0 cm³/mol. The monoisotopic (exact) mass is 175 g/mol. The van der Waals surface area contributed by atoms with Crippen LogP contribution in [0.5, 0.6) is 0 Å². The molecule has 0 aromatic carbocycles. The van der Waals surface area contributed by atoms with Crippen LogP contribution in [0.3, 0.4) is 0 Å². The number of hydrogen-bond acceptors (Lipinski definition) is 2. The normalized spacial score (nSPS) is 13.6. The topological polar surface area (TPSA) is 86.6 Å². The molecule has 3 N–H and O–H groups in total. The lowest BCUT2D eigenvalue weighted by Gasteiger charge is -2.26. The summed E-state index contributed by atoms with van der Waals surface area (Å²) in [7, 11) is 0. The van der Waals surface area contributed by atoms with Gasteiger partial charge in [0.25, 0.3) is 0 Å². The van der Waals surface area contributed by atoms with E-state index in [9.17, 15) is 9.59 Å². The van der Waals surface area contributed by atoms with Gasteiger partial charge in [-0.25, -0.2) is 9.59 Å². The minimum atomic E-state index is -1.32. The molecular weight excluding hydrogens is 162 g/mol. The Kier molecular flexibility index (Phi) is 3.06. The molecule has 0 saturated carbocycles. The highest BCUT2D eigenvalue weighted by Crippen LogP contribution is 2.19. The van der Waals surface area contributed by atoms with E-state index in [-0.39, 0.29) is 0 Å². The summed E-state index contributed by atoms with van der Waals surface area (Å²) in [5.41, 5.74) is -0.621. The van der Waals surface area contributed by atoms with Crippen LogP contribution in [0.15, 0.2) is 0 Å². The standard InChI is InChI=1S/C7H13NO4/c1-7(2,3)4(5(9)10)8-6(11)12/h4,8H,1-3H3,(H,9,10)(H,11,12). The highest BCUT2D eigenvalue weighted by Gasteiger charge is 2.32. The SMILES string of the molecule is CC(C)(C)C(NC(=O)O)C(=O)O. The average molecular weight is 175 g/mol. The van der Waals surface area contributed by atoms with Crippen LogP contribution >= 0.6 is 0 Å². The zero-order valence-electron chi connectivity index (χ0n) is 7.29. The van der Waals surface area contributed by atoms with E-state index >= 15 is 0 Å². The van der Waals surface area contributed by atoms with E-state index < -0.39 is 23.5 Å². The van der Waals surface area contributed by atoms with Crippen molar-refractivity contribution in [3.63, 3.8) is 0 Å². The maximum Gasteiger partial charge on any atom is 0.405 e. The van der Waals surface area contributed by atoms with Crippen molar-refractivity contribution in [1.29, 1.82) is 0 Å². The number of carbonyl (C=O) groups is 2. The van der Waals surface area contributed by atoms with E-state index in [1.54, 1.807) is 20.8 Å². The molecule has 5 nitrogen and oxygen atoms in total. The predicted octanol–water partition coefficient (Wildman–Crippen LogP) is 0.753. The van der Waals surface area contributed by atoms with Crippen molar-refractivity contribution >= 4 is 12.1 Å². The van der Waals surface area contributed by atoms with Gasteiger partial charge in [-0.1, -0.05) is 20.8 Å². The van der Waals surface area contributed by atoms with Gasteiger partial charge in [-0.05, 0) is 5.41 Å². The number of carboxylic acid groups (broad SMARTS) is 2. The molecule has 0 rings (SSSR count). The minimum Gasteiger partial charge on any atom is -0.480 e. The Morgan fingerprint density at radius 1 is 1.25 bits per heavy atom. The third-order valence-electron chi connectivity index (χ3n) is 1.38. The summed E-state index contributed by atoms with van der Waals surface area (Å²) in [5.74, 6) is -1.16. The maximum atomic E-state index is 10.6. The molecule has 1 amide bonds. The van der Waals surface area contributed by atoms with Gasteiger partial charge in [0.2, 0.25) is 0 Å². The summed E-state index contributed by atoms with van der Waals surface area (Å²) < 4.78 is 0. The Bertz CT molecular complexity index is 194. The molecule has 0 saturated heterocycles. The van der Waals surface area contributed by atoms with Crippen molar-refractivity contribution in [2.45, 2.75) is 26.8 Å². The molecule has 0 spiro atoms. The molecular formula is C7H13NO4. The minimum absolute atomic E-state index is 0.621. The van der Waals surface area contributed by atoms with Gasteiger partial charge in [0.1, 0.15) is 6.04 Å². The summed E-state index contributed by atoms with van der Waals surface area (Å²) in [6.45, 7) is 4.96.